The highest BCUT2D eigenvalue weighted by molar-refractivity contribution is 4.90. The van der Waals surface area contributed by atoms with Gasteiger partial charge in [0.2, 0.25) is 0 Å². The lowest BCUT2D eigenvalue weighted by molar-refractivity contribution is -0.187. The largest absolute Gasteiger partial charge is 0.393 e. The molecule has 3 atom stereocenters. The zero-order valence-corrected chi connectivity index (χ0v) is 6.64. The van der Waals surface area contributed by atoms with Gasteiger partial charge < -0.3 is 11.5 Å². The fourth-order valence-electron chi connectivity index (χ4n) is 1.64. The highest BCUT2D eigenvalue weighted by atomic mass is 19.4. The molecule has 0 aliphatic heterocycles. The predicted octanol–water partition coefficient (Wildman–Crippen LogP) is 1.00. The molecule has 0 spiro atoms. The van der Waals surface area contributed by atoms with Crippen LogP contribution in [0.5, 0.6) is 0 Å². The van der Waals surface area contributed by atoms with Gasteiger partial charge in [-0.2, -0.15) is 13.2 Å². The van der Waals surface area contributed by atoms with E-state index in [9.17, 15) is 13.2 Å². The number of hydrogen-bond acceptors (Lipinski definition) is 2. The van der Waals surface area contributed by atoms with Gasteiger partial charge in [0, 0.05) is 12.1 Å². The molecule has 0 saturated heterocycles. The second-order valence-corrected chi connectivity index (χ2v) is 3.32. The first-order valence-electron chi connectivity index (χ1n) is 4.01. The first-order valence-corrected chi connectivity index (χ1v) is 4.01. The first kappa shape index (κ1) is 9.80. The zero-order valence-electron chi connectivity index (χ0n) is 6.64. The molecule has 1 aliphatic carbocycles. The van der Waals surface area contributed by atoms with Crippen molar-refractivity contribution in [2.24, 2.45) is 17.4 Å². The van der Waals surface area contributed by atoms with E-state index in [4.69, 9.17) is 11.5 Å². The maximum Gasteiger partial charge on any atom is 0.393 e. The Morgan fingerprint density at radius 2 is 1.67 bits per heavy atom. The van der Waals surface area contributed by atoms with Crippen LogP contribution in [0.2, 0.25) is 0 Å². The summed E-state index contributed by atoms with van der Waals surface area (Å²) >= 11 is 0. The molecule has 0 aromatic carbocycles. The Labute approximate surface area is 69.1 Å². The summed E-state index contributed by atoms with van der Waals surface area (Å²) in [5, 5.41) is 0. The second-order valence-electron chi connectivity index (χ2n) is 3.32. The van der Waals surface area contributed by atoms with Crippen LogP contribution in [-0.2, 0) is 0 Å². The summed E-state index contributed by atoms with van der Waals surface area (Å²) in [7, 11) is 0. The average molecular weight is 182 g/mol. The third-order valence-electron chi connectivity index (χ3n) is 2.43. The van der Waals surface area contributed by atoms with Gasteiger partial charge in [-0.15, -0.1) is 0 Å². The van der Waals surface area contributed by atoms with Gasteiger partial charge in [-0.1, -0.05) is 6.42 Å². The van der Waals surface area contributed by atoms with Crippen LogP contribution in [-0.4, -0.2) is 18.3 Å². The molecule has 1 fully saturated rings. The van der Waals surface area contributed by atoms with Gasteiger partial charge in [-0.25, -0.2) is 0 Å². The lowest BCUT2D eigenvalue weighted by Crippen LogP contribution is -2.53. The third kappa shape index (κ3) is 1.90. The zero-order chi connectivity index (χ0) is 9.35. The van der Waals surface area contributed by atoms with Crippen LogP contribution in [0.1, 0.15) is 19.3 Å². The van der Waals surface area contributed by atoms with E-state index < -0.39 is 24.2 Å². The SMILES string of the molecule is NC1CCCC(C(F)(F)F)C1N. The normalized spacial score (nSPS) is 38.2. The molecule has 0 aromatic rings. The summed E-state index contributed by atoms with van der Waals surface area (Å²) < 4.78 is 36.7. The Hall–Kier alpha value is -0.290. The second kappa shape index (κ2) is 3.22. The molecule has 0 heterocycles. The summed E-state index contributed by atoms with van der Waals surface area (Å²) in [5.74, 6) is -1.40. The van der Waals surface area contributed by atoms with Crippen LogP contribution >= 0.6 is 0 Å². The maximum atomic E-state index is 12.2. The Balaban J connectivity index is 2.64. The van der Waals surface area contributed by atoms with E-state index in [1.807, 2.05) is 0 Å². The van der Waals surface area contributed by atoms with E-state index in [-0.39, 0.29) is 6.42 Å². The summed E-state index contributed by atoms with van der Waals surface area (Å²) in [4.78, 5) is 0. The molecule has 1 aliphatic rings. The Morgan fingerprint density at radius 1 is 1.08 bits per heavy atom. The van der Waals surface area contributed by atoms with E-state index in [1.54, 1.807) is 0 Å². The predicted molar refractivity (Wildman–Crippen MR) is 39.3 cm³/mol. The van der Waals surface area contributed by atoms with Gasteiger partial charge in [0.15, 0.2) is 0 Å². The van der Waals surface area contributed by atoms with Gasteiger partial charge in [0.1, 0.15) is 0 Å². The Kier molecular flexibility index (Phi) is 2.63. The molecule has 1 rings (SSSR count). The van der Waals surface area contributed by atoms with E-state index in [2.05, 4.69) is 0 Å². The number of hydrogen-bond donors (Lipinski definition) is 2. The van der Waals surface area contributed by atoms with E-state index in [1.165, 1.54) is 0 Å². The highest BCUT2D eigenvalue weighted by Gasteiger charge is 2.46. The summed E-state index contributed by atoms with van der Waals surface area (Å²) in [6.45, 7) is 0. The van der Waals surface area contributed by atoms with E-state index in [0.717, 1.165) is 0 Å². The molecule has 5 heteroatoms. The smallest absolute Gasteiger partial charge is 0.326 e. The first-order chi connectivity index (χ1) is 5.43. The number of halogens is 3. The van der Waals surface area contributed by atoms with Gasteiger partial charge in [-0.3, -0.25) is 0 Å². The number of alkyl halides is 3. The monoisotopic (exact) mass is 182 g/mol. The summed E-state index contributed by atoms with van der Waals surface area (Å²) in [6.07, 6.45) is -2.93. The minimum atomic E-state index is -4.18. The van der Waals surface area contributed by atoms with E-state index in [0.29, 0.717) is 12.8 Å². The Bertz CT molecular complexity index is 157. The van der Waals surface area contributed by atoms with Crippen molar-refractivity contribution in [3.05, 3.63) is 0 Å². The molecular formula is C7H13F3N2. The minimum Gasteiger partial charge on any atom is -0.326 e. The molecular weight excluding hydrogens is 169 g/mol. The highest BCUT2D eigenvalue weighted by Crippen LogP contribution is 2.36. The van der Waals surface area contributed by atoms with Crippen LogP contribution in [0.3, 0.4) is 0 Å². The van der Waals surface area contributed by atoms with Crippen molar-refractivity contribution in [3.63, 3.8) is 0 Å². The van der Waals surface area contributed by atoms with Gasteiger partial charge in [0.25, 0.3) is 0 Å². The van der Waals surface area contributed by atoms with Crippen molar-refractivity contribution in [1.29, 1.82) is 0 Å². The van der Waals surface area contributed by atoms with Gasteiger partial charge in [0.05, 0.1) is 5.92 Å². The molecule has 0 aromatic heterocycles. The fraction of sp³-hybridized carbons (Fsp3) is 1.00. The maximum absolute atomic E-state index is 12.2. The molecule has 1 saturated carbocycles. The van der Waals surface area contributed by atoms with Crippen molar-refractivity contribution in [3.8, 4) is 0 Å². The lowest BCUT2D eigenvalue weighted by atomic mass is 9.81. The van der Waals surface area contributed by atoms with Crippen LogP contribution in [0.25, 0.3) is 0 Å². The van der Waals surface area contributed by atoms with Crippen molar-refractivity contribution < 1.29 is 13.2 Å². The van der Waals surface area contributed by atoms with Gasteiger partial charge >= 0.3 is 6.18 Å². The summed E-state index contributed by atoms with van der Waals surface area (Å²) in [5.41, 5.74) is 10.8. The topological polar surface area (TPSA) is 52.0 Å². The van der Waals surface area contributed by atoms with Gasteiger partial charge in [-0.05, 0) is 12.8 Å². The average Bonchev–Trinajstić information content (AvgIpc) is 1.92. The van der Waals surface area contributed by atoms with Crippen LogP contribution in [0.4, 0.5) is 13.2 Å². The quantitative estimate of drug-likeness (QED) is 0.587. The van der Waals surface area contributed by atoms with Crippen molar-refractivity contribution in [1.82, 2.24) is 0 Å². The Morgan fingerprint density at radius 3 is 2.08 bits per heavy atom. The van der Waals surface area contributed by atoms with Crippen LogP contribution < -0.4 is 11.5 Å². The molecule has 0 bridgehead atoms. The van der Waals surface area contributed by atoms with Crippen LogP contribution in [0, 0.1) is 5.92 Å². The minimum absolute atomic E-state index is 0.123. The van der Waals surface area contributed by atoms with Crippen molar-refractivity contribution in [2.45, 2.75) is 37.5 Å². The lowest BCUT2D eigenvalue weighted by Gasteiger charge is -2.34. The molecule has 0 radical (unpaired) electrons. The number of rotatable bonds is 0. The fourth-order valence-corrected chi connectivity index (χ4v) is 1.64. The third-order valence-corrected chi connectivity index (χ3v) is 2.43. The van der Waals surface area contributed by atoms with Crippen LogP contribution in [0.15, 0.2) is 0 Å². The standard InChI is InChI=1S/C7H13F3N2/c8-7(9,10)4-2-1-3-5(11)6(4)12/h4-6H,1-3,11-12H2. The molecule has 4 N–H and O–H groups in total. The molecule has 2 nitrogen and oxygen atoms in total. The molecule has 0 amide bonds. The number of nitrogens with two attached hydrogens (primary N) is 2. The molecule has 72 valence electrons. The molecule has 12 heavy (non-hydrogen) atoms. The molecule has 3 unspecified atom stereocenters. The summed E-state index contributed by atoms with van der Waals surface area (Å²) in [6, 6.07) is -1.41. The van der Waals surface area contributed by atoms with Crippen molar-refractivity contribution in [2.75, 3.05) is 0 Å². The van der Waals surface area contributed by atoms with Crippen molar-refractivity contribution >= 4 is 0 Å². The van der Waals surface area contributed by atoms with E-state index >= 15 is 0 Å².